The Morgan fingerprint density at radius 2 is 0.474 bits per heavy atom. The van der Waals surface area contributed by atoms with Crippen molar-refractivity contribution < 1.29 is 0 Å². The summed E-state index contributed by atoms with van der Waals surface area (Å²) in [6.45, 7) is 0. The number of hydrogen-bond donors (Lipinski definition) is 0. The van der Waals surface area contributed by atoms with Gasteiger partial charge in [-0.2, -0.15) is 0 Å². The van der Waals surface area contributed by atoms with Gasteiger partial charge in [-0.05, 0) is 93.0 Å². The summed E-state index contributed by atoms with van der Waals surface area (Å²) < 4.78 is 0. The quantitative estimate of drug-likeness (QED) is 0.154. The molecule has 270 valence electrons. The minimum absolute atomic E-state index is 0.848. The lowest BCUT2D eigenvalue weighted by molar-refractivity contribution is 0.560. The molecule has 0 spiro atoms. The van der Waals surface area contributed by atoms with Crippen molar-refractivity contribution in [2.24, 2.45) is 0 Å². The predicted molar refractivity (Wildman–Crippen MR) is 239 cm³/mol. The number of rotatable bonds is 8. The van der Waals surface area contributed by atoms with Gasteiger partial charge in [-0.3, -0.25) is 0 Å². The minimum Gasteiger partial charge on any atom is -0.308 e. The number of benzene rings is 9. The van der Waals surface area contributed by atoms with Crippen LogP contribution in [0.5, 0.6) is 0 Å². The second-order valence-electron chi connectivity index (χ2n) is 14.6. The third kappa shape index (κ3) is 6.09. The zero-order valence-electron chi connectivity index (χ0n) is 31.5. The van der Waals surface area contributed by atoms with E-state index >= 15 is 0 Å². The monoisotopic (exact) mass is 728 g/mol. The Kier molecular flexibility index (Phi) is 8.78. The Morgan fingerprint density at radius 1 is 0.228 bits per heavy atom. The first-order valence-corrected chi connectivity index (χ1v) is 19.6. The van der Waals surface area contributed by atoms with Crippen LogP contribution < -0.4 is 9.80 Å². The molecular weight excluding hydrogens is 689 g/mol. The highest BCUT2D eigenvalue weighted by Gasteiger charge is 2.54. The van der Waals surface area contributed by atoms with Gasteiger partial charge >= 0.3 is 0 Å². The van der Waals surface area contributed by atoms with Crippen LogP contribution in [0.25, 0.3) is 44.5 Å². The minimum atomic E-state index is -0.848. The summed E-state index contributed by atoms with van der Waals surface area (Å²) >= 11 is 0. The number of nitrogens with zero attached hydrogens (tertiary/aromatic N) is 2. The van der Waals surface area contributed by atoms with Gasteiger partial charge in [0.05, 0.1) is 11.4 Å². The molecular formula is C55H40N2. The molecule has 0 radical (unpaired) electrons. The molecule has 2 nitrogen and oxygen atoms in total. The van der Waals surface area contributed by atoms with Crippen molar-refractivity contribution in [1.82, 2.24) is 0 Å². The summed E-state index contributed by atoms with van der Waals surface area (Å²) in [5.74, 6) is 0. The van der Waals surface area contributed by atoms with Gasteiger partial charge in [0.1, 0.15) is 0 Å². The lowest BCUT2D eigenvalue weighted by Crippen LogP contribution is -2.51. The Balaban J connectivity index is 1.32. The van der Waals surface area contributed by atoms with Crippen molar-refractivity contribution in [3.63, 3.8) is 0 Å². The van der Waals surface area contributed by atoms with Crippen LogP contribution in [0.15, 0.2) is 243 Å². The van der Waals surface area contributed by atoms with Crippen molar-refractivity contribution >= 4 is 22.7 Å². The van der Waals surface area contributed by atoms with Crippen LogP contribution in [-0.2, 0) is 5.66 Å². The molecule has 1 heterocycles. The maximum absolute atomic E-state index is 2.59. The number of fused-ring (bicyclic) bond motifs is 1. The summed E-state index contributed by atoms with van der Waals surface area (Å²) in [5.41, 5.74) is 15.3. The van der Waals surface area contributed by atoms with Crippen molar-refractivity contribution in [3.05, 3.63) is 254 Å². The molecule has 0 unspecified atom stereocenters. The SMILES string of the molecule is c1ccc(-c2cc(-c3ccccc3)cc(N3c4ccccc4N(c4cc(-c5ccccc5)cc(-c5ccccc5)c4)C3(c3ccccc3)c3ccccc3)c2)cc1. The average Bonchev–Trinajstić information content (AvgIpc) is 3.62. The Bertz CT molecular complexity index is 2460. The van der Waals surface area contributed by atoms with E-state index in [2.05, 4.69) is 252 Å². The van der Waals surface area contributed by atoms with E-state index < -0.39 is 5.66 Å². The van der Waals surface area contributed by atoms with Crippen LogP contribution in [-0.4, -0.2) is 0 Å². The van der Waals surface area contributed by atoms with E-state index in [9.17, 15) is 0 Å². The van der Waals surface area contributed by atoms with Gasteiger partial charge in [0.15, 0.2) is 5.66 Å². The third-order valence-electron chi connectivity index (χ3n) is 11.1. The molecule has 0 fully saturated rings. The van der Waals surface area contributed by atoms with E-state index in [-0.39, 0.29) is 0 Å². The standard InChI is InChI=1S/C55H40N2/c1-7-21-41(22-8-1)45-35-46(42-23-9-2-10-24-42)38-51(37-45)56-53-33-19-20-34-54(53)57(55(56,49-29-15-5-16-30-49)50-31-17-6-18-32-50)52-39-47(43-25-11-3-12-26-43)36-48(40-52)44-27-13-4-14-28-44/h1-40H. The van der Waals surface area contributed by atoms with E-state index in [1.165, 1.54) is 22.3 Å². The summed E-state index contributed by atoms with van der Waals surface area (Å²) in [5, 5.41) is 0. The van der Waals surface area contributed by atoms with Crippen molar-refractivity contribution in [2.45, 2.75) is 5.66 Å². The topological polar surface area (TPSA) is 6.48 Å². The van der Waals surface area contributed by atoms with Gasteiger partial charge in [0, 0.05) is 22.5 Å². The summed E-state index contributed by atoms with van der Waals surface area (Å²) in [6, 6.07) is 88.1. The molecule has 2 heteroatoms. The van der Waals surface area contributed by atoms with Gasteiger partial charge in [-0.15, -0.1) is 0 Å². The van der Waals surface area contributed by atoms with E-state index in [1.54, 1.807) is 0 Å². The fraction of sp³-hybridized carbons (Fsp3) is 0.0182. The van der Waals surface area contributed by atoms with Gasteiger partial charge in [-0.1, -0.05) is 194 Å². The molecule has 0 atom stereocenters. The molecule has 0 aliphatic carbocycles. The molecule has 9 aromatic carbocycles. The highest BCUT2D eigenvalue weighted by molar-refractivity contribution is 5.96. The zero-order valence-corrected chi connectivity index (χ0v) is 31.5. The average molecular weight is 729 g/mol. The maximum atomic E-state index is 2.59. The van der Waals surface area contributed by atoms with E-state index in [0.29, 0.717) is 0 Å². The van der Waals surface area contributed by atoms with E-state index in [0.717, 1.165) is 56.1 Å². The zero-order chi connectivity index (χ0) is 38.0. The van der Waals surface area contributed by atoms with Crippen LogP contribution in [0.4, 0.5) is 22.7 Å². The first kappa shape index (κ1) is 34.1. The molecule has 0 saturated heterocycles. The van der Waals surface area contributed by atoms with E-state index in [4.69, 9.17) is 0 Å². The number of anilines is 4. The smallest absolute Gasteiger partial charge is 0.175 e. The fourth-order valence-corrected chi connectivity index (χ4v) is 8.64. The molecule has 0 aromatic heterocycles. The molecule has 9 aromatic rings. The molecule has 1 aliphatic rings. The lowest BCUT2D eigenvalue weighted by Gasteiger charge is -2.47. The normalized spacial score (nSPS) is 13.0. The van der Waals surface area contributed by atoms with Gasteiger partial charge < -0.3 is 9.80 Å². The maximum Gasteiger partial charge on any atom is 0.175 e. The molecule has 1 aliphatic heterocycles. The van der Waals surface area contributed by atoms with Crippen LogP contribution in [0.3, 0.4) is 0 Å². The predicted octanol–water partition coefficient (Wildman–Crippen LogP) is 14.5. The second-order valence-corrected chi connectivity index (χ2v) is 14.6. The Morgan fingerprint density at radius 3 is 0.754 bits per heavy atom. The Hall–Kier alpha value is -7.42. The van der Waals surface area contributed by atoms with Crippen LogP contribution in [0, 0.1) is 0 Å². The summed E-state index contributed by atoms with van der Waals surface area (Å²) in [7, 11) is 0. The highest BCUT2D eigenvalue weighted by atomic mass is 15.5. The van der Waals surface area contributed by atoms with Crippen molar-refractivity contribution in [2.75, 3.05) is 9.80 Å². The first-order valence-electron chi connectivity index (χ1n) is 19.6. The molecule has 0 amide bonds. The van der Waals surface area contributed by atoms with Gasteiger partial charge in [0.2, 0.25) is 0 Å². The van der Waals surface area contributed by atoms with Gasteiger partial charge in [-0.25, -0.2) is 0 Å². The van der Waals surface area contributed by atoms with Gasteiger partial charge in [0.25, 0.3) is 0 Å². The number of para-hydroxylation sites is 2. The largest absolute Gasteiger partial charge is 0.308 e. The molecule has 0 bridgehead atoms. The first-order chi connectivity index (χ1) is 28.3. The van der Waals surface area contributed by atoms with Crippen LogP contribution in [0.1, 0.15) is 11.1 Å². The van der Waals surface area contributed by atoms with Crippen molar-refractivity contribution in [3.8, 4) is 44.5 Å². The van der Waals surface area contributed by atoms with E-state index in [1.807, 2.05) is 0 Å². The van der Waals surface area contributed by atoms with Crippen molar-refractivity contribution in [1.29, 1.82) is 0 Å². The fourth-order valence-electron chi connectivity index (χ4n) is 8.64. The summed E-state index contributed by atoms with van der Waals surface area (Å²) in [4.78, 5) is 5.17. The molecule has 0 N–H and O–H groups in total. The number of hydrogen-bond acceptors (Lipinski definition) is 2. The second kappa shape index (κ2) is 14.7. The molecule has 10 rings (SSSR count). The molecule has 0 saturated carbocycles. The lowest BCUT2D eigenvalue weighted by atomic mass is 9.86. The third-order valence-corrected chi connectivity index (χ3v) is 11.1. The Labute approximate surface area is 335 Å². The molecule has 57 heavy (non-hydrogen) atoms. The van der Waals surface area contributed by atoms with Crippen LogP contribution >= 0.6 is 0 Å². The van der Waals surface area contributed by atoms with Crippen LogP contribution in [0.2, 0.25) is 0 Å². The summed E-state index contributed by atoms with van der Waals surface area (Å²) in [6.07, 6.45) is 0. The highest BCUT2D eigenvalue weighted by Crippen LogP contribution is 2.60.